The number of hydrogen-bond donors (Lipinski definition) is 3. The minimum absolute atomic E-state index is 0.164. The van der Waals surface area contributed by atoms with Crippen LogP contribution in [-0.2, 0) is 22.4 Å². The highest BCUT2D eigenvalue weighted by Crippen LogP contribution is 2.10. The Hall–Kier alpha value is -1.88. The van der Waals surface area contributed by atoms with E-state index in [4.69, 9.17) is 5.11 Å². The van der Waals surface area contributed by atoms with E-state index < -0.39 is 11.6 Å². The molecule has 0 aromatic heterocycles. The lowest BCUT2D eigenvalue weighted by Crippen LogP contribution is -2.46. The van der Waals surface area contributed by atoms with Crippen LogP contribution < -0.4 is 5.32 Å². The van der Waals surface area contributed by atoms with Gasteiger partial charge in [0.05, 0.1) is 13.0 Å². The van der Waals surface area contributed by atoms with Gasteiger partial charge in [-0.3, -0.25) is 4.79 Å². The summed E-state index contributed by atoms with van der Waals surface area (Å²) in [5.41, 5.74) is 0.134. The van der Waals surface area contributed by atoms with E-state index >= 15 is 0 Å². The van der Waals surface area contributed by atoms with E-state index in [-0.39, 0.29) is 18.9 Å². The molecular weight excluding hydrogens is 270 g/mol. The summed E-state index contributed by atoms with van der Waals surface area (Å²) in [6.45, 7) is 5.13. The van der Waals surface area contributed by atoms with Crippen LogP contribution in [0.5, 0.6) is 0 Å². The molecule has 5 nitrogen and oxygen atoms in total. The highest BCUT2D eigenvalue weighted by atomic mass is 16.4. The number of carboxylic acids is 1. The van der Waals surface area contributed by atoms with Gasteiger partial charge < -0.3 is 15.5 Å². The third-order valence-electron chi connectivity index (χ3n) is 3.12. The largest absolute Gasteiger partial charge is 0.479 e. The lowest BCUT2D eigenvalue weighted by atomic mass is 10.0. The molecule has 1 unspecified atom stereocenters. The molecule has 5 heteroatoms. The summed E-state index contributed by atoms with van der Waals surface area (Å²) >= 11 is 0. The van der Waals surface area contributed by atoms with Crippen LogP contribution in [0.25, 0.3) is 0 Å². The Morgan fingerprint density at radius 3 is 2.19 bits per heavy atom. The van der Waals surface area contributed by atoms with Gasteiger partial charge in [0.1, 0.15) is 0 Å². The van der Waals surface area contributed by atoms with E-state index in [1.807, 2.05) is 24.3 Å². The first-order valence-corrected chi connectivity index (χ1v) is 7.01. The van der Waals surface area contributed by atoms with Crippen molar-refractivity contribution in [2.45, 2.75) is 39.2 Å². The molecule has 1 aromatic carbocycles. The fourth-order valence-corrected chi connectivity index (χ4v) is 1.86. The molecule has 1 amide bonds. The molecule has 0 aliphatic rings. The first kappa shape index (κ1) is 17.2. The van der Waals surface area contributed by atoms with Gasteiger partial charge in [0, 0.05) is 0 Å². The maximum absolute atomic E-state index is 11.7. The maximum Gasteiger partial charge on any atom is 0.337 e. The molecule has 0 radical (unpaired) electrons. The molecule has 116 valence electrons. The van der Waals surface area contributed by atoms with Crippen molar-refractivity contribution >= 4 is 11.9 Å². The topological polar surface area (TPSA) is 86.6 Å². The van der Waals surface area contributed by atoms with E-state index in [0.29, 0.717) is 5.92 Å². The maximum atomic E-state index is 11.7. The first-order chi connectivity index (χ1) is 9.70. The molecule has 3 N–H and O–H groups in total. The molecule has 0 aliphatic heterocycles. The van der Waals surface area contributed by atoms with E-state index in [2.05, 4.69) is 19.2 Å². The molecule has 1 aromatic rings. The Morgan fingerprint density at radius 1 is 1.19 bits per heavy atom. The summed E-state index contributed by atoms with van der Waals surface area (Å²) in [5.74, 6) is -1.09. The van der Waals surface area contributed by atoms with Gasteiger partial charge in [0.2, 0.25) is 5.91 Å². The molecule has 0 saturated carbocycles. The highest BCUT2D eigenvalue weighted by molar-refractivity contribution is 5.81. The van der Waals surface area contributed by atoms with E-state index in [0.717, 1.165) is 18.9 Å². The normalized spacial score (nSPS) is 13.8. The van der Waals surface area contributed by atoms with Crippen LogP contribution in [0.4, 0.5) is 0 Å². The molecule has 1 rings (SSSR count). The van der Waals surface area contributed by atoms with Crippen molar-refractivity contribution in [3.63, 3.8) is 0 Å². The summed E-state index contributed by atoms with van der Waals surface area (Å²) in [7, 11) is 0. The molecule has 0 bridgehead atoms. The van der Waals surface area contributed by atoms with Crippen LogP contribution in [-0.4, -0.2) is 34.2 Å². The van der Waals surface area contributed by atoms with E-state index in [9.17, 15) is 14.7 Å². The number of rotatable bonds is 7. The van der Waals surface area contributed by atoms with Gasteiger partial charge in [-0.25, -0.2) is 4.79 Å². The predicted octanol–water partition coefficient (Wildman–Crippen LogP) is 1.38. The van der Waals surface area contributed by atoms with Crippen LogP contribution in [0.15, 0.2) is 24.3 Å². The van der Waals surface area contributed by atoms with Crippen LogP contribution in [0.3, 0.4) is 0 Å². The zero-order valence-corrected chi connectivity index (χ0v) is 12.7. The van der Waals surface area contributed by atoms with Crippen LogP contribution in [0, 0.1) is 5.92 Å². The number of carbonyl (C=O) groups is 2. The fourth-order valence-electron chi connectivity index (χ4n) is 1.86. The van der Waals surface area contributed by atoms with Gasteiger partial charge in [-0.2, -0.15) is 0 Å². The quantitative estimate of drug-likeness (QED) is 0.709. The van der Waals surface area contributed by atoms with E-state index in [1.165, 1.54) is 5.56 Å². The van der Waals surface area contributed by atoms with Gasteiger partial charge >= 0.3 is 5.97 Å². The van der Waals surface area contributed by atoms with Crippen LogP contribution in [0.1, 0.15) is 31.9 Å². The van der Waals surface area contributed by atoms with Gasteiger partial charge in [-0.05, 0) is 30.4 Å². The van der Waals surface area contributed by atoms with Crippen molar-refractivity contribution in [1.29, 1.82) is 0 Å². The number of carboxylic acid groups (broad SMARTS) is 1. The van der Waals surface area contributed by atoms with Crippen molar-refractivity contribution in [2.24, 2.45) is 5.92 Å². The average Bonchev–Trinajstić information content (AvgIpc) is 2.38. The van der Waals surface area contributed by atoms with Crippen molar-refractivity contribution < 1.29 is 19.8 Å². The minimum atomic E-state index is -1.95. The minimum Gasteiger partial charge on any atom is -0.479 e. The highest BCUT2D eigenvalue weighted by Gasteiger charge is 2.30. The second-order valence-electron chi connectivity index (χ2n) is 5.95. The Bertz CT molecular complexity index is 492. The monoisotopic (exact) mass is 293 g/mol. The Morgan fingerprint density at radius 2 is 1.71 bits per heavy atom. The summed E-state index contributed by atoms with van der Waals surface area (Å²) in [6.07, 6.45) is 1.16. The molecule has 0 aliphatic carbocycles. The van der Waals surface area contributed by atoms with Gasteiger partial charge in [0.15, 0.2) is 5.60 Å². The van der Waals surface area contributed by atoms with Crippen molar-refractivity contribution in [2.75, 3.05) is 6.54 Å². The standard InChI is InChI=1S/C16H23NO4/c1-11(2)8-12-4-6-13(7-5-12)9-14(18)17-10-16(3,21)15(19)20/h4-7,11,21H,8-10H2,1-3H3,(H,17,18)(H,19,20). The Kier molecular flexibility index (Phi) is 5.90. The lowest BCUT2D eigenvalue weighted by Gasteiger charge is -2.18. The fraction of sp³-hybridized carbons (Fsp3) is 0.500. The average molecular weight is 293 g/mol. The predicted molar refractivity (Wildman–Crippen MR) is 80.0 cm³/mol. The molecule has 0 spiro atoms. The summed E-state index contributed by atoms with van der Waals surface area (Å²) < 4.78 is 0. The van der Waals surface area contributed by atoms with Gasteiger partial charge in [-0.1, -0.05) is 38.1 Å². The number of carbonyl (C=O) groups excluding carboxylic acids is 1. The Labute approximate surface area is 125 Å². The van der Waals surface area contributed by atoms with Crippen molar-refractivity contribution in [1.82, 2.24) is 5.32 Å². The first-order valence-electron chi connectivity index (χ1n) is 7.01. The lowest BCUT2D eigenvalue weighted by molar-refractivity contribution is -0.156. The molecular formula is C16H23NO4. The molecule has 1 atom stereocenters. The van der Waals surface area contributed by atoms with Gasteiger partial charge in [0.25, 0.3) is 0 Å². The summed E-state index contributed by atoms with van der Waals surface area (Å²) in [6, 6.07) is 7.78. The third-order valence-corrected chi connectivity index (χ3v) is 3.12. The smallest absolute Gasteiger partial charge is 0.337 e. The molecule has 0 fully saturated rings. The molecule has 0 saturated heterocycles. The Balaban J connectivity index is 2.50. The van der Waals surface area contributed by atoms with E-state index in [1.54, 1.807) is 0 Å². The number of amides is 1. The number of hydrogen-bond acceptors (Lipinski definition) is 3. The van der Waals surface area contributed by atoms with Crippen LogP contribution >= 0.6 is 0 Å². The second-order valence-corrected chi connectivity index (χ2v) is 5.95. The number of benzene rings is 1. The summed E-state index contributed by atoms with van der Waals surface area (Å²) in [4.78, 5) is 22.4. The second kappa shape index (κ2) is 7.22. The van der Waals surface area contributed by atoms with Crippen LogP contribution in [0.2, 0.25) is 0 Å². The molecule has 0 heterocycles. The zero-order valence-electron chi connectivity index (χ0n) is 12.7. The molecule has 21 heavy (non-hydrogen) atoms. The zero-order chi connectivity index (χ0) is 16.0. The number of aliphatic carboxylic acids is 1. The SMILES string of the molecule is CC(C)Cc1ccc(CC(=O)NCC(C)(O)C(=O)O)cc1. The number of nitrogens with one attached hydrogen (secondary N) is 1. The summed E-state index contributed by atoms with van der Waals surface area (Å²) in [5, 5.41) is 20.7. The third kappa shape index (κ3) is 5.95. The number of aliphatic hydroxyl groups is 1. The van der Waals surface area contributed by atoms with Crippen molar-refractivity contribution in [3.8, 4) is 0 Å². The van der Waals surface area contributed by atoms with Gasteiger partial charge in [-0.15, -0.1) is 0 Å². The van der Waals surface area contributed by atoms with Crippen molar-refractivity contribution in [3.05, 3.63) is 35.4 Å².